The summed E-state index contributed by atoms with van der Waals surface area (Å²) in [6, 6.07) is 2.45. The maximum Gasteiger partial charge on any atom is 0.0584 e. The molecule has 0 fully saturated rings. The average molecular weight is 252 g/mol. The van der Waals surface area contributed by atoms with E-state index in [4.69, 9.17) is 0 Å². The van der Waals surface area contributed by atoms with Gasteiger partial charge in [-0.05, 0) is 44.7 Å². The summed E-state index contributed by atoms with van der Waals surface area (Å²) in [5, 5.41) is 12.8. The van der Waals surface area contributed by atoms with E-state index in [1.165, 1.54) is 17.0 Å². The van der Waals surface area contributed by atoms with Crippen LogP contribution in [0.15, 0.2) is 6.07 Å². The molecule has 0 amide bonds. The lowest BCUT2D eigenvalue weighted by molar-refractivity contribution is 0.223. The molecular weight excluding hydrogens is 224 g/mol. The molecule has 1 aromatic heterocycles. The highest BCUT2D eigenvalue weighted by Gasteiger charge is 2.12. The van der Waals surface area contributed by atoms with Gasteiger partial charge in [0.05, 0.1) is 6.61 Å². The van der Waals surface area contributed by atoms with Gasteiger partial charge >= 0.3 is 0 Å². The molecule has 2 N–H and O–H groups in total. The van der Waals surface area contributed by atoms with E-state index in [2.05, 4.69) is 50.6 Å². The van der Waals surface area contributed by atoms with Gasteiger partial charge in [-0.3, -0.25) is 0 Å². The molecule has 1 heterocycles. The number of rotatable bonds is 7. The minimum absolute atomic E-state index is 0.203. The first-order valence-corrected chi connectivity index (χ1v) is 6.99. The van der Waals surface area contributed by atoms with Crippen molar-refractivity contribution in [2.45, 2.75) is 60.2 Å². The van der Waals surface area contributed by atoms with Crippen LogP contribution >= 0.6 is 0 Å². The van der Waals surface area contributed by atoms with E-state index in [0.717, 1.165) is 19.5 Å². The van der Waals surface area contributed by atoms with Gasteiger partial charge in [0.25, 0.3) is 0 Å². The first kappa shape index (κ1) is 15.3. The molecule has 0 aliphatic rings. The molecule has 3 nitrogen and oxygen atoms in total. The van der Waals surface area contributed by atoms with Gasteiger partial charge in [0.15, 0.2) is 0 Å². The number of aliphatic hydroxyl groups excluding tert-OH is 1. The first-order chi connectivity index (χ1) is 8.49. The molecule has 0 saturated carbocycles. The fourth-order valence-corrected chi connectivity index (χ4v) is 2.58. The number of hydrogen-bond donors (Lipinski definition) is 2. The van der Waals surface area contributed by atoms with E-state index in [1.807, 2.05) is 0 Å². The topological polar surface area (TPSA) is 37.2 Å². The van der Waals surface area contributed by atoms with Crippen LogP contribution in [-0.4, -0.2) is 22.3 Å². The monoisotopic (exact) mass is 252 g/mol. The van der Waals surface area contributed by atoms with Gasteiger partial charge in [0.1, 0.15) is 0 Å². The van der Waals surface area contributed by atoms with E-state index in [1.54, 1.807) is 0 Å². The van der Waals surface area contributed by atoms with Crippen LogP contribution in [0, 0.1) is 19.8 Å². The Morgan fingerprint density at radius 1 is 1.33 bits per heavy atom. The molecule has 1 unspecified atom stereocenters. The Morgan fingerprint density at radius 2 is 2.00 bits per heavy atom. The molecule has 1 atom stereocenters. The van der Waals surface area contributed by atoms with Gasteiger partial charge in [-0.2, -0.15) is 0 Å². The number of aryl methyl sites for hydroxylation is 1. The van der Waals surface area contributed by atoms with Crippen molar-refractivity contribution >= 4 is 0 Å². The van der Waals surface area contributed by atoms with Crippen molar-refractivity contribution in [1.29, 1.82) is 0 Å². The van der Waals surface area contributed by atoms with Crippen LogP contribution in [-0.2, 0) is 13.1 Å². The zero-order valence-electron chi connectivity index (χ0n) is 12.5. The summed E-state index contributed by atoms with van der Waals surface area (Å²) in [7, 11) is 0. The fourth-order valence-electron chi connectivity index (χ4n) is 2.58. The highest BCUT2D eigenvalue weighted by Crippen LogP contribution is 2.15. The number of aliphatic hydroxyl groups is 1. The average Bonchev–Trinajstić information content (AvgIpc) is 2.59. The van der Waals surface area contributed by atoms with E-state index in [-0.39, 0.29) is 12.6 Å². The molecule has 1 rings (SSSR count). The largest absolute Gasteiger partial charge is 0.395 e. The van der Waals surface area contributed by atoms with Crippen molar-refractivity contribution in [3.05, 3.63) is 23.0 Å². The first-order valence-electron chi connectivity index (χ1n) is 6.99. The maximum absolute atomic E-state index is 9.36. The third-order valence-electron chi connectivity index (χ3n) is 3.55. The second-order valence-corrected chi connectivity index (χ2v) is 5.53. The minimum atomic E-state index is 0.203. The quantitative estimate of drug-likeness (QED) is 0.783. The Kier molecular flexibility index (Phi) is 5.89. The third kappa shape index (κ3) is 3.85. The molecule has 0 radical (unpaired) electrons. The van der Waals surface area contributed by atoms with Gasteiger partial charge in [-0.15, -0.1) is 0 Å². The lowest BCUT2D eigenvalue weighted by Gasteiger charge is -2.18. The summed E-state index contributed by atoms with van der Waals surface area (Å²) in [5.41, 5.74) is 4.00. The second kappa shape index (κ2) is 6.95. The van der Waals surface area contributed by atoms with Crippen molar-refractivity contribution in [3.63, 3.8) is 0 Å². The molecule has 0 aromatic carbocycles. The predicted octanol–water partition coefficient (Wildman–Crippen LogP) is 2.62. The van der Waals surface area contributed by atoms with Crippen LogP contribution in [0.4, 0.5) is 0 Å². The van der Waals surface area contributed by atoms with E-state index >= 15 is 0 Å². The summed E-state index contributed by atoms with van der Waals surface area (Å²) >= 11 is 0. The van der Waals surface area contributed by atoms with Crippen LogP contribution in [0.3, 0.4) is 0 Å². The molecule has 0 aliphatic carbocycles. The van der Waals surface area contributed by atoms with E-state index in [0.29, 0.717) is 5.92 Å². The summed E-state index contributed by atoms with van der Waals surface area (Å²) < 4.78 is 2.33. The van der Waals surface area contributed by atoms with Crippen molar-refractivity contribution in [3.8, 4) is 0 Å². The molecule has 0 bridgehead atoms. The standard InChI is InChI=1S/C15H28N2O/c1-6-17-12(4)8-14(13(17)5)9-16-15(10-18)7-11(2)3/h8,11,15-16,18H,6-7,9-10H2,1-5H3. The molecule has 18 heavy (non-hydrogen) atoms. The lowest BCUT2D eigenvalue weighted by Crippen LogP contribution is -2.33. The normalized spacial score (nSPS) is 13.3. The fraction of sp³-hybridized carbons (Fsp3) is 0.733. The molecule has 1 aromatic rings. The Morgan fingerprint density at radius 3 is 2.44 bits per heavy atom. The van der Waals surface area contributed by atoms with Gasteiger partial charge in [-0.25, -0.2) is 0 Å². The Balaban J connectivity index is 2.62. The minimum Gasteiger partial charge on any atom is -0.395 e. The SMILES string of the molecule is CCn1c(C)cc(CNC(CO)CC(C)C)c1C. The maximum atomic E-state index is 9.36. The molecule has 104 valence electrons. The van der Waals surface area contributed by atoms with Crippen molar-refractivity contribution in [2.24, 2.45) is 5.92 Å². The third-order valence-corrected chi connectivity index (χ3v) is 3.55. The van der Waals surface area contributed by atoms with Crippen LogP contribution in [0.1, 0.15) is 44.1 Å². The second-order valence-electron chi connectivity index (χ2n) is 5.53. The van der Waals surface area contributed by atoms with Crippen molar-refractivity contribution < 1.29 is 5.11 Å². The van der Waals surface area contributed by atoms with Gasteiger partial charge in [0.2, 0.25) is 0 Å². The van der Waals surface area contributed by atoms with Gasteiger partial charge in [-0.1, -0.05) is 13.8 Å². The van der Waals surface area contributed by atoms with Gasteiger partial charge in [0, 0.05) is 30.5 Å². The summed E-state index contributed by atoms with van der Waals surface area (Å²) in [6.07, 6.45) is 1.02. The number of aromatic nitrogens is 1. The molecular formula is C15H28N2O. The van der Waals surface area contributed by atoms with Crippen LogP contribution in [0.2, 0.25) is 0 Å². The molecule has 0 saturated heterocycles. The van der Waals surface area contributed by atoms with Crippen LogP contribution < -0.4 is 5.32 Å². The lowest BCUT2D eigenvalue weighted by atomic mass is 10.0. The number of nitrogens with one attached hydrogen (secondary N) is 1. The summed E-state index contributed by atoms with van der Waals surface area (Å²) in [4.78, 5) is 0. The van der Waals surface area contributed by atoms with Crippen molar-refractivity contribution in [2.75, 3.05) is 6.61 Å². The highest BCUT2D eigenvalue weighted by atomic mass is 16.3. The van der Waals surface area contributed by atoms with E-state index < -0.39 is 0 Å². The smallest absolute Gasteiger partial charge is 0.0584 e. The zero-order valence-corrected chi connectivity index (χ0v) is 12.5. The van der Waals surface area contributed by atoms with Crippen molar-refractivity contribution in [1.82, 2.24) is 9.88 Å². The Labute approximate surface area is 111 Å². The van der Waals surface area contributed by atoms with Gasteiger partial charge < -0.3 is 15.0 Å². The zero-order chi connectivity index (χ0) is 13.7. The summed E-state index contributed by atoms with van der Waals surface area (Å²) in [5.74, 6) is 0.609. The number of nitrogens with zero attached hydrogens (tertiary/aromatic N) is 1. The number of hydrogen-bond acceptors (Lipinski definition) is 2. The van der Waals surface area contributed by atoms with Crippen LogP contribution in [0.5, 0.6) is 0 Å². The predicted molar refractivity (Wildman–Crippen MR) is 76.7 cm³/mol. The van der Waals surface area contributed by atoms with E-state index in [9.17, 15) is 5.11 Å². The molecule has 3 heteroatoms. The Bertz CT molecular complexity index is 369. The molecule has 0 spiro atoms. The molecule has 0 aliphatic heterocycles. The van der Waals surface area contributed by atoms with Crippen LogP contribution in [0.25, 0.3) is 0 Å². The summed E-state index contributed by atoms with van der Waals surface area (Å²) in [6.45, 7) is 12.9. The Hall–Kier alpha value is -0.800. The highest BCUT2D eigenvalue weighted by molar-refractivity contribution is 5.26.